The minimum atomic E-state index is -0.734. The molecule has 2 aromatic rings. The first kappa shape index (κ1) is 27.7. The van der Waals surface area contributed by atoms with Crippen LogP contribution < -0.4 is 9.64 Å². The smallest absolute Gasteiger partial charge is 0.261 e. The number of hydrogen-bond acceptors (Lipinski definition) is 7. The van der Waals surface area contributed by atoms with Gasteiger partial charge < -0.3 is 29.4 Å². The third-order valence-electron chi connectivity index (χ3n) is 7.72. The lowest BCUT2D eigenvalue weighted by atomic mass is 10.0. The normalized spacial score (nSPS) is 20.9. The Morgan fingerprint density at radius 2 is 1.90 bits per heavy atom. The molecule has 10 nitrogen and oxygen atoms in total. The monoisotopic (exact) mass is 571 g/mol. The molecule has 40 heavy (non-hydrogen) atoms. The van der Waals surface area contributed by atoms with Gasteiger partial charge in [0.1, 0.15) is 40.3 Å². The number of ether oxygens (including phenoxy) is 1. The Labute approximate surface area is 236 Å². The lowest BCUT2D eigenvalue weighted by Crippen LogP contribution is -2.57. The van der Waals surface area contributed by atoms with Gasteiger partial charge in [-0.05, 0) is 25.1 Å². The lowest BCUT2D eigenvalue weighted by molar-refractivity contribution is -0.131. The van der Waals surface area contributed by atoms with Gasteiger partial charge in [-0.3, -0.25) is 14.4 Å². The largest absolute Gasteiger partial charge is 0.507 e. The number of benzene rings is 1. The zero-order chi connectivity index (χ0) is 28.7. The van der Waals surface area contributed by atoms with Crippen LogP contribution in [0.25, 0.3) is 11.3 Å². The SMILES string of the molecule is C=CC(=O)N1CCN2C(=O)c3c(N4CCN(C(=O)CC)C[C@@H]4C)nc(-c4c(O)cccc4F)c(Cl)c3OC[C@H]2C1. The maximum absolute atomic E-state index is 15.1. The molecule has 0 bridgehead atoms. The summed E-state index contributed by atoms with van der Waals surface area (Å²) < 4.78 is 21.2. The van der Waals surface area contributed by atoms with Crippen molar-refractivity contribution in [3.05, 3.63) is 47.3 Å². The van der Waals surface area contributed by atoms with Crippen LogP contribution in [-0.2, 0) is 9.59 Å². The number of hydrogen-bond donors (Lipinski definition) is 1. The van der Waals surface area contributed by atoms with E-state index in [1.54, 1.807) is 14.7 Å². The van der Waals surface area contributed by atoms with Crippen LogP contribution >= 0.6 is 11.6 Å². The molecule has 2 atom stereocenters. The van der Waals surface area contributed by atoms with Gasteiger partial charge in [0.15, 0.2) is 5.75 Å². The summed E-state index contributed by atoms with van der Waals surface area (Å²) in [5.74, 6) is -1.38. The molecule has 12 heteroatoms. The number of fused-ring (bicyclic) bond motifs is 2. The Morgan fingerprint density at radius 3 is 2.58 bits per heavy atom. The number of rotatable bonds is 4. The van der Waals surface area contributed by atoms with Gasteiger partial charge >= 0.3 is 0 Å². The number of phenols is 1. The lowest BCUT2D eigenvalue weighted by Gasteiger charge is -2.42. The second-order valence-electron chi connectivity index (χ2n) is 10.1. The summed E-state index contributed by atoms with van der Waals surface area (Å²) in [6.45, 7) is 9.36. The number of amides is 3. The van der Waals surface area contributed by atoms with E-state index < -0.39 is 11.9 Å². The molecule has 0 saturated carbocycles. The minimum Gasteiger partial charge on any atom is -0.507 e. The third kappa shape index (κ3) is 4.72. The quantitative estimate of drug-likeness (QED) is 0.562. The zero-order valence-electron chi connectivity index (χ0n) is 22.4. The van der Waals surface area contributed by atoms with Crippen LogP contribution in [0.3, 0.4) is 0 Å². The van der Waals surface area contributed by atoms with Crippen molar-refractivity contribution >= 4 is 35.1 Å². The molecule has 5 rings (SSSR count). The Bertz CT molecular complexity index is 1370. The molecule has 0 spiro atoms. The van der Waals surface area contributed by atoms with Crippen LogP contribution in [0.5, 0.6) is 11.5 Å². The van der Waals surface area contributed by atoms with Crippen LogP contribution in [0.15, 0.2) is 30.9 Å². The van der Waals surface area contributed by atoms with Gasteiger partial charge in [0.05, 0.1) is 11.6 Å². The number of aromatic nitrogens is 1. The molecule has 3 aliphatic rings. The van der Waals surface area contributed by atoms with E-state index in [4.69, 9.17) is 21.3 Å². The van der Waals surface area contributed by atoms with E-state index in [1.165, 1.54) is 24.3 Å². The van der Waals surface area contributed by atoms with Gasteiger partial charge in [-0.25, -0.2) is 9.37 Å². The minimum absolute atomic E-state index is 0.0283. The summed E-state index contributed by atoms with van der Waals surface area (Å²) in [6, 6.07) is 3.19. The molecule has 0 aliphatic carbocycles. The van der Waals surface area contributed by atoms with E-state index in [0.717, 1.165) is 0 Å². The van der Waals surface area contributed by atoms with Gasteiger partial charge in [-0.15, -0.1) is 0 Å². The highest BCUT2D eigenvalue weighted by molar-refractivity contribution is 6.35. The third-order valence-corrected chi connectivity index (χ3v) is 8.07. The van der Waals surface area contributed by atoms with Gasteiger partial charge in [-0.1, -0.05) is 31.2 Å². The summed E-state index contributed by atoms with van der Waals surface area (Å²) in [5.41, 5.74) is -0.121. The molecule has 0 unspecified atom stereocenters. The van der Waals surface area contributed by atoms with Crippen LogP contribution in [0, 0.1) is 5.82 Å². The van der Waals surface area contributed by atoms with Crippen molar-refractivity contribution in [3.8, 4) is 22.8 Å². The predicted octanol–water partition coefficient (Wildman–Crippen LogP) is 2.93. The number of phenolic OH excluding ortho intramolecular Hbond substituents is 1. The van der Waals surface area contributed by atoms with Crippen molar-refractivity contribution in [2.24, 2.45) is 0 Å². The summed E-state index contributed by atoms with van der Waals surface area (Å²) in [7, 11) is 0. The number of aromatic hydroxyl groups is 1. The first-order valence-corrected chi connectivity index (χ1v) is 13.6. The van der Waals surface area contributed by atoms with Crippen LogP contribution in [0.1, 0.15) is 30.6 Å². The standard InChI is InChI=1S/C28H31ClFN5O5/c1-4-20(37)32-9-11-34(16(3)13-32)27-23-26(24(29)25(31-27)22-18(30)7-6-8-19(22)36)40-15-17-14-33(21(38)5-2)10-12-35(17)28(23)39/h5-8,16-17,36H,2,4,9-15H2,1,3H3/t16-,17+/m0/s1. The Morgan fingerprint density at radius 1 is 1.18 bits per heavy atom. The second-order valence-corrected chi connectivity index (χ2v) is 10.5. The molecule has 3 amide bonds. The number of halogens is 2. The number of piperazine rings is 2. The van der Waals surface area contributed by atoms with Crippen LogP contribution in [0.4, 0.5) is 10.2 Å². The maximum Gasteiger partial charge on any atom is 0.261 e. The number of carbonyl (C=O) groups excluding carboxylic acids is 3. The molecule has 3 aliphatic heterocycles. The van der Waals surface area contributed by atoms with Gasteiger partial charge in [0.2, 0.25) is 11.8 Å². The molecule has 212 valence electrons. The average Bonchev–Trinajstić information content (AvgIpc) is 3.09. The zero-order valence-corrected chi connectivity index (χ0v) is 23.2. The predicted molar refractivity (Wildman–Crippen MR) is 147 cm³/mol. The van der Waals surface area contributed by atoms with Gasteiger partial charge in [0, 0.05) is 51.7 Å². The summed E-state index contributed by atoms with van der Waals surface area (Å²) in [5, 5.41) is 10.5. The molecule has 1 N–H and O–H groups in total. The van der Waals surface area contributed by atoms with Crippen molar-refractivity contribution in [2.75, 3.05) is 50.8 Å². The first-order chi connectivity index (χ1) is 19.2. The Balaban J connectivity index is 1.64. The fraction of sp³-hybridized carbons (Fsp3) is 0.429. The van der Waals surface area contributed by atoms with Gasteiger partial charge in [-0.2, -0.15) is 0 Å². The maximum atomic E-state index is 15.1. The highest BCUT2D eigenvalue weighted by Gasteiger charge is 2.42. The highest BCUT2D eigenvalue weighted by Crippen LogP contribution is 2.46. The van der Waals surface area contributed by atoms with Gasteiger partial charge in [0.25, 0.3) is 5.91 Å². The van der Waals surface area contributed by atoms with Crippen LogP contribution in [0.2, 0.25) is 5.02 Å². The van der Waals surface area contributed by atoms with Crippen molar-refractivity contribution in [2.45, 2.75) is 32.4 Å². The molecule has 1 aromatic carbocycles. The number of pyridine rings is 1. The van der Waals surface area contributed by atoms with E-state index in [2.05, 4.69) is 6.58 Å². The molecule has 2 fully saturated rings. The fourth-order valence-electron chi connectivity index (χ4n) is 5.62. The summed E-state index contributed by atoms with van der Waals surface area (Å²) >= 11 is 6.79. The Hall–Kier alpha value is -3.86. The molecule has 1 aromatic heterocycles. The number of nitrogens with zero attached hydrogens (tertiary/aromatic N) is 5. The summed E-state index contributed by atoms with van der Waals surface area (Å²) in [4.78, 5) is 50.5. The molecular weight excluding hydrogens is 541 g/mol. The molecular formula is C28H31ClFN5O5. The topological polar surface area (TPSA) is 107 Å². The first-order valence-electron chi connectivity index (χ1n) is 13.3. The van der Waals surface area contributed by atoms with E-state index in [0.29, 0.717) is 32.6 Å². The van der Waals surface area contributed by atoms with Crippen molar-refractivity contribution in [1.29, 1.82) is 0 Å². The molecule has 2 saturated heterocycles. The van der Waals surface area contributed by atoms with Crippen LogP contribution in [-0.4, -0.2) is 100 Å². The van der Waals surface area contributed by atoms with E-state index in [9.17, 15) is 19.5 Å². The van der Waals surface area contributed by atoms with Crippen molar-refractivity contribution < 1.29 is 28.6 Å². The average molecular weight is 572 g/mol. The summed E-state index contributed by atoms with van der Waals surface area (Å²) in [6.07, 6.45) is 1.62. The van der Waals surface area contributed by atoms with E-state index in [1.807, 2.05) is 18.7 Å². The number of carbonyl (C=O) groups is 3. The molecule has 4 heterocycles. The van der Waals surface area contributed by atoms with Crippen molar-refractivity contribution in [3.63, 3.8) is 0 Å². The van der Waals surface area contributed by atoms with E-state index in [-0.39, 0.29) is 82.6 Å². The Kier molecular flexibility index (Phi) is 7.59. The highest BCUT2D eigenvalue weighted by atomic mass is 35.5. The fourth-order valence-corrected chi connectivity index (χ4v) is 5.90. The second kappa shape index (κ2) is 11.0. The number of anilines is 1. The van der Waals surface area contributed by atoms with E-state index >= 15 is 4.39 Å². The van der Waals surface area contributed by atoms with Crippen molar-refractivity contribution in [1.82, 2.24) is 19.7 Å². The molecule has 0 radical (unpaired) electrons.